The number of carboxylic acids is 1. The van der Waals surface area contributed by atoms with E-state index in [1.807, 2.05) is 0 Å². The van der Waals surface area contributed by atoms with E-state index in [4.69, 9.17) is 5.11 Å². The predicted molar refractivity (Wildman–Crippen MR) is 88.7 cm³/mol. The van der Waals surface area contributed by atoms with Crippen LogP contribution >= 0.6 is 0 Å². The van der Waals surface area contributed by atoms with E-state index in [-0.39, 0.29) is 18.2 Å². The zero-order valence-electron chi connectivity index (χ0n) is 13.9. The molecule has 2 aromatic carbocycles. The molecule has 2 N–H and O–H groups in total. The van der Waals surface area contributed by atoms with Gasteiger partial charge in [-0.25, -0.2) is 18.9 Å². The molecule has 28 heavy (non-hydrogen) atoms. The molecule has 0 unspecified atom stereocenters. The number of rotatable bonds is 6. The highest BCUT2D eigenvalue weighted by molar-refractivity contribution is 5.87. The smallest absolute Gasteiger partial charge is 0.478 e. The van der Waals surface area contributed by atoms with Gasteiger partial charge in [-0.15, -0.1) is 18.3 Å². The van der Waals surface area contributed by atoms with Gasteiger partial charge >= 0.3 is 12.3 Å². The Hall–Kier alpha value is -3.63. The number of carbonyl (C=O) groups is 1. The second-order valence-corrected chi connectivity index (χ2v) is 5.53. The summed E-state index contributed by atoms with van der Waals surface area (Å²) in [6.45, 7) is 0.138. The van der Waals surface area contributed by atoms with Crippen LogP contribution in [0.3, 0.4) is 0 Å². The van der Waals surface area contributed by atoms with Crippen molar-refractivity contribution < 1.29 is 32.2 Å². The number of anilines is 1. The second kappa shape index (κ2) is 7.55. The largest absolute Gasteiger partial charge is 0.573 e. The first-order chi connectivity index (χ1) is 13.2. The molecule has 7 nitrogen and oxygen atoms in total. The number of aromatic nitrogens is 3. The lowest BCUT2D eigenvalue weighted by molar-refractivity contribution is -0.274. The van der Waals surface area contributed by atoms with Crippen LogP contribution in [0.4, 0.5) is 23.5 Å². The molecule has 3 rings (SSSR count). The Morgan fingerprint density at radius 3 is 2.50 bits per heavy atom. The van der Waals surface area contributed by atoms with Crippen molar-refractivity contribution in [3.05, 3.63) is 65.7 Å². The van der Waals surface area contributed by atoms with Crippen LogP contribution in [-0.4, -0.2) is 32.2 Å². The fraction of sp³-hybridized carbons (Fsp3) is 0.118. The van der Waals surface area contributed by atoms with E-state index in [0.717, 1.165) is 24.3 Å². The van der Waals surface area contributed by atoms with Crippen molar-refractivity contribution in [3.63, 3.8) is 0 Å². The lowest BCUT2D eigenvalue weighted by atomic mass is 10.1. The third kappa shape index (κ3) is 4.75. The Morgan fingerprint density at radius 1 is 1.18 bits per heavy atom. The van der Waals surface area contributed by atoms with Gasteiger partial charge in [-0.2, -0.15) is 0 Å². The summed E-state index contributed by atoms with van der Waals surface area (Å²) in [6.07, 6.45) is -3.43. The Bertz CT molecular complexity index is 987. The van der Waals surface area contributed by atoms with Crippen LogP contribution in [0.1, 0.15) is 15.9 Å². The zero-order valence-corrected chi connectivity index (χ0v) is 13.9. The van der Waals surface area contributed by atoms with E-state index in [1.165, 1.54) is 29.2 Å². The Balaban J connectivity index is 1.64. The van der Waals surface area contributed by atoms with Gasteiger partial charge in [0.05, 0.1) is 11.3 Å². The van der Waals surface area contributed by atoms with Crippen molar-refractivity contribution in [2.24, 2.45) is 0 Å². The van der Waals surface area contributed by atoms with Crippen LogP contribution in [0, 0.1) is 5.82 Å². The summed E-state index contributed by atoms with van der Waals surface area (Å²) in [5, 5.41) is 15.8. The van der Waals surface area contributed by atoms with E-state index in [0.29, 0.717) is 11.3 Å². The maximum Gasteiger partial charge on any atom is 0.573 e. The molecular formula is C17H12F4N4O3. The molecule has 146 valence electrons. The number of alkyl halides is 3. The fourth-order valence-electron chi connectivity index (χ4n) is 2.29. The first-order valence-corrected chi connectivity index (χ1v) is 7.75. The van der Waals surface area contributed by atoms with E-state index in [1.54, 1.807) is 0 Å². The van der Waals surface area contributed by atoms with Crippen molar-refractivity contribution in [1.82, 2.24) is 14.8 Å². The van der Waals surface area contributed by atoms with Gasteiger partial charge in [0.15, 0.2) is 0 Å². The number of hydrogen-bond acceptors (Lipinski definition) is 5. The maximum atomic E-state index is 13.7. The SMILES string of the molecule is O=C(O)c1ccc(CNc2ncn(-c3ccc(OC(F)(F)F)cc3)n2)cc1F. The molecule has 1 heterocycles. The summed E-state index contributed by atoms with van der Waals surface area (Å²) in [6, 6.07) is 8.74. The summed E-state index contributed by atoms with van der Waals surface area (Å²) in [7, 11) is 0. The van der Waals surface area contributed by atoms with Gasteiger partial charge in [-0.3, -0.25) is 0 Å². The third-order valence-corrected chi connectivity index (χ3v) is 3.54. The van der Waals surface area contributed by atoms with E-state index in [2.05, 4.69) is 20.1 Å². The fourth-order valence-corrected chi connectivity index (χ4v) is 2.29. The summed E-state index contributed by atoms with van der Waals surface area (Å²) < 4.78 is 55.3. The van der Waals surface area contributed by atoms with Crippen molar-refractivity contribution in [3.8, 4) is 11.4 Å². The van der Waals surface area contributed by atoms with Gasteiger partial charge in [-0.05, 0) is 42.0 Å². The molecule has 0 aliphatic heterocycles. The molecule has 0 aliphatic rings. The molecule has 0 spiro atoms. The van der Waals surface area contributed by atoms with Crippen molar-refractivity contribution in [1.29, 1.82) is 0 Å². The molecule has 0 radical (unpaired) electrons. The van der Waals surface area contributed by atoms with Gasteiger partial charge in [0.1, 0.15) is 17.9 Å². The molecule has 0 amide bonds. The lowest BCUT2D eigenvalue weighted by Gasteiger charge is -2.09. The first kappa shape index (κ1) is 19.1. The monoisotopic (exact) mass is 396 g/mol. The molecule has 11 heteroatoms. The molecule has 0 aliphatic carbocycles. The molecule has 3 aromatic rings. The van der Waals surface area contributed by atoms with E-state index >= 15 is 0 Å². The van der Waals surface area contributed by atoms with Crippen LogP contribution in [0.5, 0.6) is 5.75 Å². The van der Waals surface area contributed by atoms with E-state index in [9.17, 15) is 22.4 Å². The number of nitrogens with zero attached hydrogens (tertiary/aromatic N) is 3. The van der Waals surface area contributed by atoms with Crippen LogP contribution in [0.15, 0.2) is 48.8 Å². The highest BCUT2D eigenvalue weighted by Gasteiger charge is 2.31. The normalized spacial score (nSPS) is 11.3. The number of carboxylic acid groups (broad SMARTS) is 1. The number of halogens is 4. The third-order valence-electron chi connectivity index (χ3n) is 3.54. The van der Waals surface area contributed by atoms with E-state index < -0.39 is 23.7 Å². The van der Waals surface area contributed by atoms with Crippen molar-refractivity contribution in [2.75, 3.05) is 5.32 Å². The summed E-state index contributed by atoms with van der Waals surface area (Å²) in [4.78, 5) is 14.8. The van der Waals surface area contributed by atoms with Gasteiger partial charge in [-0.1, -0.05) is 6.07 Å². The highest BCUT2D eigenvalue weighted by atomic mass is 19.4. The Morgan fingerprint density at radius 2 is 1.89 bits per heavy atom. The maximum absolute atomic E-state index is 13.7. The lowest BCUT2D eigenvalue weighted by Crippen LogP contribution is -2.17. The number of aromatic carboxylic acids is 1. The Kier molecular flexibility index (Phi) is 5.16. The van der Waals surface area contributed by atoms with Gasteiger partial charge < -0.3 is 15.2 Å². The quantitative estimate of drug-likeness (QED) is 0.619. The number of benzene rings is 2. The van der Waals surface area contributed by atoms with Crippen molar-refractivity contribution >= 4 is 11.9 Å². The van der Waals surface area contributed by atoms with Gasteiger partial charge in [0.2, 0.25) is 5.95 Å². The summed E-state index contributed by atoms with van der Waals surface area (Å²) in [5.74, 6) is -2.38. The standard InChI is InChI=1S/C17H12F4N4O3/c18-14-7-10(1-6-13(14)15(26)27)8-22-16-23-9-25(24-16)11-2-4-12(5-3-11)28-17(19,20)21/h1-7,9H,8H2,(H,22,24)(H,26,27). The molecular weight excluding hydrogens is 384 g/mol. The number of hydrogen-bond donors (Lipinski definition) is 2. The minimum absolute atomic E-state index is 0.138. The average Bonchev–Trinajstić information content (AvgIpc) is 3.08. The molecule has 0 bridgehead atoms. The van der Waals surface area contributed by atoms with Crippen molar-refractivity contribution in [2.45, 2.75) is 12.9 Å². The van der Waals surface area contributed by atoms with Crippen LogP contribution in [0.25, 0.3) is 5.69 Å². The molecule has 0 fully saturated rings. The zero-order chi connectivity index (χ0) is 20.3. The Labute approximate surface area is 155 Å². The van der Waals surface area contributed by atoms with Crippen LogP contribution in [0.2, 0.25) is 0 Å². The van der Waals surface area contributed by atoms with Crippen LogP contribution in [-0.2, 0) is 6.54 Å². The number of ether oxygens (including phenoxy) is 1. The minimum atomic E-state index is -4.77. The van der Waals surface area contributed by atoms with Crippen LogP contribution < -0.4 is 10.1 Å². The molecule has 1 aromatic heterocycles. The van der Waals surface area contributed by atoms with Gasteiger partial charge in [0.25, 0.3) is 0 Å². The van der Waals surface area contributed by atoms with Gasteiger partial charge in [0, 0.05) is 6.54 Å². The molecule has 0 saturated heterocycles. The first-order valence-electron chi connectivity index (χ1n) is 7.75. The number of nitrogens with one attached hydrogen (secondary N) is 1. The molecule has 0 saturated carbocycles. The molecule has 0 atom stereocenters. The summed E-state index contributed by atoms with van der Waals surface area (Å²) >= 11 is 0. The summed E-state index contributed by atoms with van der Waals surface area (Å²) in [5.41, 5.74) is 0.503. The predicted octanol–water partition coefficient (Wildman–Crippen LogP) is 3.62. The topological polar surface area (TPSA) is 89.3 Å². The average molecular weight is 396 g/mol. The minimum Gasteiger partial charge on any atom is -0.478 e. The highest BCUT2D eigenvalue weighted by Crippen LogP contribution is 2.23. The second-order valence-electron chi connectivity index (χ2n) is 5.53.